The summed E-state index contributed by atoms with van der Waals surface area (Å²) in [7, 11) is 3.18. The highest BCUT2D eigenvalue weighted by Gasteiger charge is 2.09. The molecule has 2 heterocycles. The molecular formula is C18H18N4O3. The number of benzene rings is 1. The number of carbonyl (C=O) groups excluding carboxylic acids is 1. The third-order valence-electron chi connectivity index (χ3n) is 3.67. The van der Waals surface area contributed by atoms with E-state index in [2.05, 4.69) is 20.3 Å². The van der Waals surface area contributed by atoms with Gasteiger partial charge in [0, 0.05) is 12.0 Å². The van der Waals surface area contributed by atoms with Gasteiger partial charge in [0.25, 0.3) is 0 Å². The summed E-state index contributed by atoms with van der Waals surface area (Å²) in [5, 5.41) is 2.69. The van der Waals surface area contributed by atoms with Crippen molar-refractivity contribution < 1.29 is 14.3 Å². The van der Waals surface area contributed by atoms with Crippen LogP contribution in [-0.4, -0.2) is 35.1 Å². The van der Waals surface area contributed by atoms with Crippen molar-refractivity contribution in [2.24, 2.45) is 0 Å². The minimum Gasteiger partial charge on any atom is -0.493 e. The van der Waals surface area contributed by atoms with Crippen LogP contribution < -0.4 is 14.8 Å². The second kappa shape index (κ2) is 7.12. The summed E-state index contributed by atoms with van der Waals surface area (Å²) in [6.45, 7) is 1.78. The van der Waals surface area contributed by atoms with Gasteiger partial charge in [-0.15, -0.1) is 0 Å². The first-order valence-corrected chi connectivity index (χ1v) is 7.80. The Morgan fingerprint density at radius 2 is 1.88 bits per heavy atom. The largest absolute Gasteiger partial charge is 0.493 e. The maximum absolute atomic E-state index is 11.5. The van der Waals surface area contributed by atoms with Crippen LogP contribution in [0.4, 0.5) is 5.82 Å². The fraction of sp³-hybridized carbons (Fsp3) is 0.222. The van der Waals surface area contributed by atoms with Crippen LogP contribution in [0.1, 0.15) is 13.3 Å². The number of anilines is 1. The zero-order chi connectivity index (χ0) is 17.8. The molecule has 0 saturated carbocycles. The fourth-order valence-electron chi connectivity index (χ4n) is 2.35. The maximum atomic E-state index is 11.5. The van der Waals surface area contributed by atoms with Gasteiger partial charge in [-0.05, 0) is 30.3 Å². The van der Waals surface area contributed by atoms with Gasteiger partial charge in [-0.1, -0.05) is 6.92 Å². The molecule has 25 heavy (non-hydrogen) atoms. The van der Waals surface area contributed by atoms with E-state index in [9.17, 15) is 4.79 Å². The van der Waals surface area contributed by atoms with Crippen LogP contribution in [0.5, 0.6) is 11.5 Å². The van der Waals surface area contributed by atoms with Crippen LogP contribution in [0.15, 0.2) is 36.5 Å². The Morgan fingerprint density at radius 3 is 2.60 bits per heavy atom. The summed E-state index contributed by atoms with van der Waals surface area (Å²) < 4.78 is 10.6. The first kappa shape index (κ1) is 16.6. The van der Waals surface area contributed by atoms with Crippen LogP contribution in [-0.2, 0) is 4.79 Å². The lowest BCUT2D eigenvalue weighted by atomic mass is 10.1. The molecule has 0 aliphatic rings. The van der Waals surface area contributed by atoms with Crippen molar-refractivity contribution in [3.63, 3.8) is 0 Å². The van der Waals surface area contributed by atoms with Crippen molar-refractivity contribution in [2.45, 2.75) is 13.3 Å². The SMILES string of the molecule is CCC(=O)Nc1cnc2ccc(-c3ccc(OC)c(OC)c3)nc2n1. The molecule has 0 fully saturated rings. The van der Waals surface area contributed by atoms with Crippen molar-refractivity contribution in [1.82, 2.24) is 15.0 Å². The zero-order valence-electron chi connectivity index (χ0n) is 14.2. The predicted molar refractivity (Wildman–Crippen MR) is 94.8 cm³/mol. The third kappa shape index (κ3) is 3.50. The predicted octanol–water partition coefficient (Wildman–Crippen LogP) is 3.06. The average Bonchev–Trinajstić information content (AvgIpc) is 2.66. The highest BCUT2D eigenvalue weighted by molar-refractivity contribution is 5.90. The maximum Gasteiger partial charge on any atom is 0.225 e. The minimum absolute atomic E-state index is 0.121. The lowest BCUT2D eigenvalue weighted by molar-refractivity contribution is -0.115. The van der Waals surface area contributed by atoms with Gasteiger partial charge < -0.3 is 14.8 Å². The number of nitrogens with zero attached hydrogens (tertiary/aromatic N) is 3. The van der Waals surface area contributed by atoms with E-state index in [1.807, 2.05) is 30.3 Å². The van der Waals surface area contributed by atoms with Gasteiger partial charge in [-0.25, -0.2) is 15.0 Å². The normalized spacial score (nSPS) is 10.5. The second-order valence-electron chi connectivity index (χ2n) is 5.27. The average molecular weight is 338 g/mol. The summed E-state index contributed by atoms with van der Waals surface area (Å²) in [6.07, 6.45) is 1.90. The molecule has 2 aromatic heterocycles. The van der Waals surface area contributed by atoms with Crippen LogP contribution in [0, 0.1) is 0 Å². The highest BCUT2D eigenvalue weighted by atomic mass is 16.5. The van der Waals surface area contributed by atoms with Crippen LogP contribution in [0.2, 0.25) is 0 Å². The van der Waals surface area contributed by atoms with E-state index in [0.717, 1.165) is 11.3 Å². The van der Waals surface area contributed by atoms with Crippen LogP contribution >= 0.6 is 0 Å². The lowest BCUT2D eigenvalue weighted by Gasteiger charge is -2.10. The summed E-state index contributed by atoms with van der Waals surface area (Å²) >= 11 is 0. The monoisotopic (exact) mass is 338 g/mol. The number of hydrogen-bond acceptors (Lipinski definition) is 6. The molecule has 0 aliphatic heterocycles. The quantitative estimate of drug-likeness (QED) is 0.769. The van der Waals surface area contributed by atoms with E-state index in [1.165, 1.54) is 6.20 Å². The van der Waals surface area contributed by atoms with Crippen LogP contribution in [0.3, 0.4) is 0 Å². The van der Waals surface area contributed by atoms with E-state index < -0.39 is 0 Å². The smallest absolute Gasteiger partial charge is 0.225 e. The van der Waals surface area contributed by atoms with E-state index in [0.29, 0.717) is 34.9 Å². The van der Waals surface area contributed by atoms with E-state index in [1.54, 1.807) is 21.1 Å². The van der Waals surface area contributed by atoms with Gasteiger partial charge in [0.2, 0.25) is 5.91 Å². The third-order valence-corrected chi connectivity index (χ3v) is 3.67. The Kier molecular flexibility index (Phi) is 4.74. The number of pyridine rings is 1. The van der Waals surface area contributed by atoms with Gasteiger partial charge in [0.15, 0.2) is 23.0 Å². The van der Waals surface area contributed by atoms with E-state index >= 15 is 0 Å². The molecule has 1 amide bonds. The van der Waals surface area contributed by atoms with E-state index in [4.69, 9.17) is 9.47 Å². The zero-order valence-corrected chi connectivity index (χ0v) is 14.2. The molecule has 7 nitrogen and oxygen atoms in total. The van der Waals surface area contributed by atoms with Gasteiger partial charge in [0.05, 0.1) is 26.1 Å². The van der Waals surface area contributed by atoms with Gasteiger partial charge in [-0.2, -0.15) is 0 Å². The Bertz CT molecular complexity index is 927. The van der Waals surface area contributed by atoms with Crippen LogP contribution in [0.25, 0.3) is 22.4 Å². The summed E-state index contributed by atoms with van der Waals surface area (Å²) in [4.78, 5) is 24.7. The molecule has 0 unspecified atom stereocenters. The molecular weight excluding hydrogens is 320 g/mol. The minimum atomic E-state index is -0.121. The van der Waals surface area contributed by atoms with Crippen molar-refractivity contribution in [3.8, 4) is 22.8 Å². The number of hydrogen-bond donors (Lipinski definition) is 1. The highest BCUT2D eigenvalue weighted by Crippen LogP contribution is 2.31. The van der Waals surface area contributed by atoms with Gasteiger partial charge in [0.1, 0.15) is 5.52 Å². The summed E-state index contributed by atoms with van der Waals surface area (Å²) in [5.74, 6) is 1.54. The molecule has 7 heteroatoms. The van der Waals surface area contributed by atoms with Crippen molar-refractivity contribution in [2.75, 3.05) is 19.5 Å². The molecule has 3 aromatic rings. The molecule has 0 atom stereocenters. The van der Waals surface area contributed by atoms with Gasteiger partial charge >= 0.3 is 0 Å². The van der Waals surface area contributed by atoms with Crippen molar-refractivity contribution >= 4 is 22.9 Å². The molecule has 0 spiro atoms. The number of amides is 1. The number of nitrogens with one attached hydrogen (secondary N) is 1. The Balaban J connectivity index is 2.01. The molecule has 0 aliphatic carbocycles. The van der Waals surface area contributed by atoms with Crippen molar-refractivity contribution in [3.05, 3.63) is 36.5 Å². The number of aromatic nitrogens is 3. The molecule has 128 valence electrons. The Hall–Kier alpha value is -3.22. The van der Waals surface area contributed by atoms with Gasteiger partial charge in [-0.3, -0.25) is 4.79 Å². The number of ether oxygens (including phenoxy) is 2. The summed E-state index contributed by atoms with van der Waals surface area (Å²) in [5.41, 5.74) is 2.70. The van der Waals surface area contributed by atoms with E-state index in [-0.39, 0.29) is 5.91 Å². The topological polar surface area (TPSA) is 86.2 Å². The molecule has 0 radical (unpaired) electrons. The molecule has 0 bridgehead atoms. The molecule has 0 saturated heterocycles. The lowest BCUT2D eigenvalue weighted by Crippen LogP contribution is -2.11. The molecule has 1 aromatic carbocycles. The molecule has 3 rings (SSSR count). The number of carbonyl (C=O) groups is 1. The molecule has 1 N–H and O–H groups in total. The number of rotatable bonds is 5. The first-order chi connectivity index (χ1) is 12.1. The van der Waals surface area contributed by atoms with Crippen molar-refractivity contribution in [1.29, 1.82) is 0 Å². The number of fused-ring (bicyclic) bond motifs is 1. The first-order valence-electron chi connectivity index (χ1n) is 7.80. The number of methoxy groups -OCH3 is 2. The Morgan fingerprint density at radius 1 is 1.08 bits per heavy atom. The fourth-order valence-corrected chi connectivity index (χ4v) is 2.35. The standard InChI is InChI=1S/C18H18N4O3/c1-4-17(23)21-16-10-19-13-7-6-12(20-18(13)22-16)11-5-8-14(24-2)15(9-11)25-3/h5-10H,4H2,1-3H3,(H,20,21,22,23). The summed E-state index contributed by atoms with van der Waals surface area (Å²) in [6, 6.07) is 9.27. The Labute approximate surface area is 145 Å². The second-order valence-corrected chi connectivity index (χ2v) is 5.27.